The number of amides is 2. The SMILES string of the molecule is CC[C@@H](C)NC(=O)[C@H](CC)N(Cc1ccccc1C)C(=O)Cc1ccccc1[N+](=O)[O-]. The lowest BCUT2D eigenvalue weighted by molar-refractivity contribution is -0.385. The molecule has 0 bridgehead atoms. The number of benzene rings is 2. The molecule has 0 aliphatic carbocycles. The third-order valence-corrected chi connectivity index (χ3v) is 5.52. The van der Waals surface area contributed by atoms with Crippen molar-refractivity contribution < 1.29 is 14.5 Å². The average molecular weight is 426 g/mol. The zero-order chi connectivity index (χ0) is 23.0. The summed E-state index contributed by atoms with van der Waals surface area (Å²) >= 11 is 0. The molecule has 0 radical (unpaired) electrons. The minimum absolute atomic E-state index is 0.00725. The standard InChI is InChI=1S/C24H31N3O4/c1-5-18(4)25-24(29)21(6-2)26(16-20-13-8-7-11-17(20)3)23(28)15-19-12-9-10-14-22(19)27(30)31/h7-14,18,21H,5-6,15-16H2,1-4H3,(H,25,29)/t18-,21+/m1/s1. The smallest absolute Gasteiger partial charge is 0.273 e. The number of hydrogen-bond donors (Lipinski definition) is 1. The van der Waals surface area contributed by atoms with Crippen LogP contribution in [0.2, 0.25) is 0 Å². The molecule has 166 valence electrons. The molecule has 2 atom stereocenters. The first-order valence-electron chi connectivity index (χ1n) is 10.6. The van der Waals surface area contributed by atoms with Gasteiger partial charge in [0.15, 0.2) is 0 Å². The van der Waals surface area contributed by atoms with E-state index >= 15 is 0 Å². The van der Waals surface area contributed by atoms with Crippen molar-refractivity contribution in [3.05, 3.63) is 75.3 Å². The third kappa shape index (κ3) is 6.38. The van der Waals surface area contributed by atoms with E-state index in [2.05, 4.69) is 5.32 Å². The third-order valence-electron chi connectivity index (χ3n) is 5.52. The Kier molecular flexibility index (Phi) is 8.73. The number of nitrogens with one attached hydrogen (secondary N) is 1. The minimum atomic E-state index is -0.663. The van der Waals surface area contributed by atoms with Crippen molar-refractivity contribution in [1.82, 2.24) is 10.2 Å². The maximum Gasteiger partial charge on any atom is 0.273 e. The average Bonchev–Trinajstić information content (AvgIpc) is 2.74. The van der Waals surface area contributed by atoms with E-state index in [1.807, 2.05) is 52.0 Å². The van der Waals surface area contributed by atoms with Crippen LogP contribution in [0.15, 0.2) is 48.5 Å². The highest BCUT2D eigenvalue weighted by Gasteiger charge is 2.30. The lowest BCUT2D eigenvalue weighted by atomic mass is 10.0. The minimum Gasteiger partial charge on any atom is -0.352 e. The Labute approximate surface area is 183 Å². The largest absolute Gasteiger partial charge is 0.352 e. The van der Waals surface area contributed by atoms with Crippen LogP contribution >= 0.6 is 0 Å². The van der Waals surface area contributed by atoms with Crippen LogP contribution in [0.4, 0.5) is 5.69 Å². The van der Waals surface area contributed by atoms with Crippen molar-refractivity contribution in [3.8, 4) is 0 Å². The van der Waals surface area contributed by atoms with Crippen LogP contribution in [0.5, 0.6) is 0 Å². The summed E-state index contributed by atoms with van der Waals surface area (Å²) in [5, 5.41) is 14.3. The van der Waals surface area contributed by atoms with Crippen molar-refractivity contribution in [2.24, 2.45) is 0 Å². The van der Waals surface area contributed by atoms with E-state index in [9.17, 15) is 19.7 Å². The van der Waals surface area contributed by atoms with Crippen molar-refractivity contribution in [3.63, 3.8) is 0 Å². The molecular weight excluding hydrogens is 394 g/mol. The first-order chi connectivity index (χ1) is 14.8. The second kappa shape index (κ2) is 11.2. The van der Waals surface area contributed by atoms with Gasteiger partial charge in [-0.3, -0.25) is 19.7 Å². The predicted octanol–water partition coefficient (Wildman–Crippen LogP) is 4.17. The fourth-order valence-corrected chi connectivity index (χ4v) is 3.43. The van der Waals surface area contributed by atoms with Crippen molar-refractivity contribution >= 4 is 17.5 Å². The normalized spacial score (nSPS) is 12.6. The number of rotatable bonds is 10. The van der Waals surface area contributed by atoms with Gasteiger partial charge in [-0.2, -0.15) is 0 Å². The van der Waals surface area contributed by atoms with Crippen LogP contribution in [0.25, 0.3) is 0 Å². The predicted molar refractivity (Wildman–Crippen MR) is 121 cm³/mol. The number of carbonyl (C=O) groups excluding carboxylic acids is 2. The first-order valence-corrected chi connectivity index (χ1v) is 10.6. The molecule has 0 heterocycles. The number of hydrogen-bond acceptors (Lipinski definition) is 4. The van der Waals surface area contributed by atoms with Gasteiger partial charge in [-0.05, 0) is 37.8 Å². The Bertz CT molecular complexity index is 929. The van der Waals surface area contributed by atoms with Gasteiger partial charge in [0.2, 0.25) is 11.8 Å². The van der Waals surface area contributed by atoms with E-state index in [0.717, 1.165) is 17.5 Å². The summed E-state index contributed by atoms with van der Waals surface area (Å²) in [5.74, 6) is -0.523. The highest BCUT2D eigenvalue weighted by atomic mass is 16.6. The van der Waals surface area contributed by atoms with Gasteiger partial charge in [0.05, 0.1) is 11.3 Å². The Morgan fingerprint density at radius 2 is 1.65 bits per heavy atom. The van der Waals surface area contributed by atoms with E-state index in [4.69, 9.17) is 0 Å². The molecule has 0 saturated carbocycles. The molecule has 0 unspecified atom stereocenters. The molecule has 0 aliphatic heterocycles. The molecule has 1 N–H and O–H groups in total. The van der Waals surface area contributed by atoms with Gasteiger partial charge < -0.3 is 10.2 Å². The number of nitrogens with zero attached hydrogens (tertiary/aromatic N) is 2. The lowest BCUT2D eigenvalue weighted by Gasteiger charge is -2.32. The second-order valence-electron chi connectivity index (χ2n) is 7.75. The lowest BCUT2D eigenvalue weighted by Crippen LogP contribution is -2.51. The molecule has 0 aromatic heterocycles. The number of carbonyl (C=O) groups is 2. The quantitative estimate of drug-likeness (QED) is 0.457. The van der Waals surface area contributed by atoms with E-state index in [1.54, 1.807) is 23.1 Å². The highest BCUT2D eigenvalue weighted by Crippen LogP contribution is 2.22. The molecule has 2 aromatic rings. The highest BCUT2D eigenvalue weighted by molar-refractivity contribution is 5.89. The topological polar surface area (TPSA) is 92.6 Å². The summed E-state index contributed by atoms with van der Waals surface area (Å²) in [7, 11) is 0. The van der Waals surface area contributed by atoms with Gasteiger partial charge >= 0.3 is 0 Å². The molecule has 7 heteroatoms. The van der Waals surface area contributed by atoms with Crippen LogP contribution in [0.1, 0.15) is 50.3 Å². The van der Waals surface area contributed by atoms with Crippen LogP contribution in [-0.4, -0.2) is 33.7 Å². The Morgan fingerprint density at radius 1 is 1.03 bits per heavy atom. The fourth-order valence-electron chi connectivity index (χ4n) is 3.43. The maximum atomic E-state index is 13.4. The Morgan fingerprint density at radius 3 is 2.23 bits per heavy atom. The Balaban J connectivity index is 2.38. The summed E-state index contributed by atoms with van der Waals surface area (Å²) in [4.78, 5) is 38.8. The van der Waals surface area contributed by atoms with E-state index in [0.29, 0.717) is 12.0 Å². The number of nitro groups is 1. The van der Waals surface area contributed by atoms with Crippen LogP contribution in [0, 0.1) is 17.0 Å². The maximum absolute atomic E-state index is 13.4. The number of nitro benzene ring substituents is 1. The summed E-state index contributed by atoms with van der Waals surface area (Å²) in [6.45, 7) is 7.99. The molecule has 0 aliphatic rings. The number of aryl methyl sites for hydroxylation is 1. The molecule has 31 heavy (non-hydrogen) atoms. The van der Waals surface area contributed by atoms with Crippen molar-refractivity contribution in [2.75, 3.05) is 0 Å². The van der Waals surface area contributed by atoms with Gasteiger partial charge in [0.1, 0.15) is 6.04 Å². The van der Waals surface area contributed by atoms with E-state index in [1.165, 1.54) is 6.07 Å². The van der Waals surface area contributed by atoms with Crippen LogP contribution in [-0.2, 0) is 22.6 Å². The van der Waals surface area contributed by atoms with Gasteiger partial charge in [-0.25, -0.2) is 0 Å². The molecule has 0 saturated heterocycles. The molecular formula is C24H31N3O4. The summed E-state index contributed by atoms with van der Waals surface area (Å²) in [6.07, 6.45) is 1.08. The molecule has 2 aromatic carbocycles. The summed E-state index contributed by atoms with van der Waals surface area (Å²) in [5.41, 5.74) is 2.20. The van der Waals surface area contributed by atoms with Crippen LogP contribution in [0.3, 0.4) is 0 Å². The van der Waals surface area contributed by atoms with Crippen LogP contribution < -0.4 is 5.32 Å². The van der Waals surface area contributed by atoms with E-state index < -0.39 is 11.0 Å². The van der Waals surface area contributed by atoms with Gasteiger partial charge in [0, 0.05) is 24.2 Å². The summed E-state index contributed by atoms with van der Waals surface area (Å²) < 4.78 is 0. The van der Waals surface area contributed by atoms with E-state index in [-0.39, 0.29) is 36.5 Å². The van der Waals surface area contributed by atoms with Gasteiger partial charge in [-0.15, -0.1) is 0 Å². The summed E-state index contributed by atoms with van der Waals surface area (Å²) in [6, 6.07) is 13.3. The zero-order valence-corrected chi connectivity index (χ0v) is 18.6. The zero-order valence-electron chi connectivity index (χ0n) is 18.6. The molecule has 0 fully saturated rings. The van der Waals surface area contributed by atoms with Crippen molar-refractivity contribution in [2.45, 2.75) is 65.6 Å². The monoisotopic (exact) mass is 425 g/mol. The molecule has 7 nitrogen and oxygen atoms in total. The second-order valence-corrected chi connectivity index (χ2v) is 7.75. The molecule has 2 rings (SSSR count). The Hall–Kier alpha value is -3.22. The number of para-hydroxylation sites is 1. The fraction of sp³-hybridized carbons (Fsp3) is 0.417. The van der Waals surface area contributed by atoms with Gasteiger partial charge in [0.25, 0.3) is 5.69 Å². The van der Waals surface area contributed by atoms with Crippen molar-refractivity contribution in [1.29, 1.82) is 0 Å². The molecule has 0 spiro atoms. The molecule has 2 amide bonds. The first kappa shape index (κ1) is 24.1. The van der Waals surface area contributed by atoms with Gasteiger partial charge in [-0.1, -0.05) is 56.3 Å².